The Balaban J connectivity index is 2.78. The van der Waals surface area contributed by atoms with Gasteiger partial charge in [-0.2, -0.15) is 5.26 Å². The summed E-state index contributed by atoms with van der Waals surface area (Å²) in [6.07, 6.45) is -0.136. The molecule has 14 heavy (non-hydrogen) atoms. The van der Waals surface area contributed by atoms with Gasteiger partial charge in [0.05, 0.1) is 11.8 Å². The first kappa shape index (κ1) is 11.2. The van der Waals surface area contributed by atoms with Crippen LogP contribution in [0.1, 0.15) is 6.42 Å². The third-order valence-corrected chi connectivity index (χ3v) is 2.59. The van der Waals surface area contributed by atoms with E-state index in [1.54, 1.807) is 12.1 Å². The van der Waals surface area contributed by atoms with Gasteiger partial charge >= 0.3 is 0 Å². The maximum Gasteiger partial charge on any atom is 0.238 e. The molecule has 0 fully saturated rings. The van der Waals surface area contributed by atoms with E-state index in [1.165, 1.54) is 0 Å². The maximum absolute atomic E-state index is 11.1. The largest absolute Gasteiger partial charge is 0.324 e. The van der Waals surface area contributed by atoms with E-state index < -0.39 is 0 Å². The Morgan fingerprint density at radius 3 is 2.79 bits per heavy atom. The molecule has 0 radical (unpaired) electrons. The Bertz CT molecular complexity index is 398. The van der Waals surface area contributed by atoms with Crippen molar-refractivity contribution in [3.8, 4) is 6.07 Å². The van der Waals surface area contributed by atoms with Gasteiger partial charge < -0.3 is 5.32 Å². The summed E-state index contributed by atoms with van der Waals surface area (Å²) < 4.78 is 1.70. The summed E-state index contributed by atoms with van der Waals surface area (Å²) in [5.41, 5.74) is 0.661. The fourth-order valence-electron chi connectivity index (χ4n) is 0.857. The maximum atomic E-state index is 11.1. The van der Waals surface area contributed by atoms with Gasteiger partial charge in [0.25, 0.3) is 0 Å². The molecular weight excluding hydrogens is 312 g/mol. The number of carbonyl (C=O) groups excluding carboxylic acids is 1. The SMILES string of the molecule is N#CCC(=O)Nc1ccc(Br)cc1Br. The highest BCUT2D eigenvalue weighted by Crippen LogP contribution is 2.26. The number of rotatable bonds is 2. The number of halogens is 2. The van der Waals surface area contributed by atoms with Crippen molar-refractivity contribution in [3.05, 3.63) is 27.1 Å². The summed E-state index contributed by atoms with van der Waals surface area (Å²) in [5, 5.41) is 10.9. The van der Waals surface area contributed by atoms with Gasteiger partial charge in [-0.15, -0.1) is 0 Å². The molecule has 0 aromatic heterocycles. The van der Waals surface area contributed by atoms with E-state index in [0.717, 1.165) is 8.95 Å². The zero-order valence-corrected chi connectivity index (χ0v) is 10.2. The second-order valence-corrected chi connectivity index (χ2v) is 4.28. The number of benzene rings is 1. The monoisotopic (exact) mass is 316 g/mol. The van der Waals surface area contributed by atoms with E-state index in [4.69, 9.17) is 5.26 Å². The van der Waals surface area contributed by atoms with Crippen molar-refractivity contribution in [2.45, 2.75) is 6.42 Å². The fraction of sp³-hybridized carbons (Fsp3) is 0.111. The van der Waals surface area contributed by atoms with Gasteiger partial charge in [-0.05, 0) is 34.1 Å². The summed E-state index contributed by atoms with van der Waals surface area (Å²) in [5.74, 6) is -0.310. The van der Waals surface area contributed by atoms with Crippen LogP contribution in [0.5, 0.6) is 0 Å². The Kier molecular flexibility index (Phi) is 4.11. The zero-order chi connectivity index (χ0) is 10.6. The second-order valence-electron chi connectivity index (χ2n) is 2.51. The van der Waals surface area contributed by atoms with Gasteiger partial charge in [-0.1, -0.05) is 15.9 Å². The van der Waals surface area contributed by atoms with E-state index >= 15 is 0 Å². The first-order valence-electron chi connectivity index (χ1n) is 3.75. The minimum atomic E-state index is -0.310. The average molecular weight is 318 g/mol. The topological polar surface area (TPSA) is 52.9 Å². The normalized spacial score (nSPS) is 9.21. The van der Waals surface area contributed by atoms with Crippen LogP contribution >= 0.6 is 31.9 Å². The van der Waals surface area contributed by atoms with Gasteiger partial charge in [0.15, 0.2) is 0 Å². The van der Waals surface area contributed by atoms with Crippen LogP contribution in [-0.4, -0.2) is 5.91 Å². The van der Waals surface area contributed by atoms with Crippen LogP contribution in [0.25, 0.3) is 0 Å². The molecule has 1 N–H and O–H groups in total. The van der Waals surface area contributed by atoms with Crippen LogP contribution in [0.15, 0.2) is 27.1 Å². The molecule has 0 spiro atoms. The van der Waals surface area contributed by atoms with E-state index in [-0.39, 0.29) is 12.3 Å². The van der Waals surface area contributed by atoms with Gasteiger partial charge in [-0.3, -0.25) is 4.79 Å². The number of anilines is 1. The van der Waals surface area contributed by atoms with Crippen molar-refractivity contribution in [3.63, 3.8) is 0 Å². The zero-order valence-electron chi connectivity index (χ0n) is 7.05. The number of nitrogens with zero attached hydrogens (tertiary/aromatic N) is 1. The molecule has 0 atom stereocenters. The molecule has 0 bridgehead atoms. The minimum Gasteiger partial charge on any atom is -0.324 e. The summed E-state index contributed by atoms with van der Waals surface area (Å²) in [6.45, 7) is 0. The minimum absolute atomic E-state index is 0.136. The fourth-order valence-corrected chi connectivity index (χ4v) is 2.00. The van der Waals surface area contributed by atoms with Crippen molar-refractivity contribution in [2.75, 3.05) is 5.32 Å². The van der Waals surface area contributed by atoms with Gasteiger partial charge in [-0.25, -0.2) is 0 Å². The van der Waals surface area contributed by atoms with E-state index in [1.807, 2.05) is 12.1 Å². The Morgan fingerprint density at radius 1 is 1.50 bits per heavy atom. The molecule has 5 heteroatoms. The molecule has 0 saturated heterocycles. The number of amides is 1. The molecular formula is C9H6Br2N2O. The van der Waals surface area contributed by atoms with Crippen LogP contribution < -0.4 is 5.32 Å². The number of hydrogen-bond acceptors (Lipinski definition) is 2. The molecule has 3 nitrogen and oxygen atoms in total. The standard InChI is InChI=1S/C9H6Br2N2O/c10-6-1-2-8(7(11)5-6)13-9(14)3-4-12/h1-2,5H,3H2,(H,13,14). The van der Waals surface area contributed by atoms with E-state index in [2.05, 4.69) is 37.2 Å². The molecule has 1 aromatic rings. The molecule has 0 aliphatic carbocycles. The van der Waals surface area contributed by atoms with Crippen molar-refractivity contribution in [2.24, 2.45) is 0 Å². The highest BCUT2D eigenvalue weighted by atomic mass is 79.9. The number of hydrogen-bond donors (Lipinski definition) is 1. The third kappa shape index (κ3) is 3.13. The molecule has 0 heterocycles. The van der Waals surface area contributed by atoms with Gasteiger partial charge in [0, 0.05) is 8.95 Å². The molecule has 1 rings (SSSR count). The average Bonchev–Trinajstić information content (AvgIpc) is 2.10. The molecule has 1 amide bonds. The second kappa shape index (κ2) is 5.13. The van der Waals surface area contributed by atoms with Gasteiger partial charge in [0.1, 0.15) is 6.42 Å². The Hall–Kier alpha value is -0.860. The quantitative estimate of drug-likeness (QED) is 0.911. The van der Waals surface area contributed by atoms with Crippen LogP contribution in [0, 0.1) is 11.3 Å². The van der Waals surface area contributed by atoms with E-state index in [0.29, 0.717) is 5.69 Å². The number of nitriles is 1. The van der Waals surface area contributed by atoms with Crippen molar-refractivity contribution in [1.29, 1.82) is 5.26 Å². The molecule has 72 valence electrons. The van der Waals surface area contributed by atoms with Crippen LogP contribution in [-0.2, 0) is 4.79 Å². The lowest BCUT2D eigenvalue weighted by molar-refractivity contribution is -0.115. The molecule has 0 saturated carbocycles. The first-order valence-corrected chi connectivity index (χ1v) is 5.34. The lowest BCUT2D eigenvalue weighted by Crippen LogP contribution is -2.10. The van der Waals surface area contributed by atoms with Crippen LogP contribution in [0.4, 0.5) is 5.69 Å². The van der Waals surface area contributed by atoms with Crippen LogP contribution in [0.3, 0.4) is 0 Å². The summed E-state index contributed by atoms with van der Waals surface area (Å²) in [4.78, 5) is 11.1. The van der Waals surface area contributed by atoms with Crippen molar-refractivity contribution in [1.82, 2.24) is 0 Å². The Labute approximate surface area is 98.4 Å². The first-order chi connectivity index (χ1) is 6.63. The predicted molar refractivity (Wildman–Crippen MR) is 60.7 cm³/mol. The third-order valence-electron chi connectivity index (χ3n) is 1.44. The predicted octanol–water partition coefficient (Wildman–Crippen LogP) is 3.06. The number of carbonyl (C=O) groups is 1. The highest BCUT2D eigenvalue weighted by Gasteiger charge is 2.04. The Morgan fingerprint density at radius 2 is 2.21 bits per heavy atom. The summed E-state index contributed by atoms with van der Waals surface area (Å²) in [6, 6.07) is 7.17. The molecule has 0 unspecified atom stereocenters. The lowest BCUT2D eigenvalue weighted by Gasteiger charge is -2.05. The smallest absolute Gasteiger partial charge is 0.238 e. The summed E-state index contributed by atoms with van der Waals surface area (Å²) in [7, 11) is 0. The summed E-state index contributed by atoms with van der Waals surface area (Å²) >= 11 is 6.60. The highest BCUT2D eigenvalue weighted by molar-refractivity contribution is 9.11. The van der Waals surface area contributed by atoms with E-state index in [9.17, 15) is 4.79 Å². The molecule has 0 aliphatic heterocycles. The van der Waals surface area contributed by atoms with Gasteiger partial charge in [0.2, 0.25) is 5.91 Å². The number of nitrogens with one attached hydrogen (secondary N) is 1. The van der Waals surface area contributed by atoms with Crippen LogP contribution in [0.2, 0.25) is 0 Å². The molecule has 0 aliphatic rings. The van der Waals surface area contributed by atoms with Crippen molar-refractivity contribution >= 4 is 43.5 Å². The molecule has 1 aromatic carbocycles. The van der Waals surface area contributed by atoms with Crippen molar-refractivity contribution < 1.29 is 4.79 Å². The lowest BCUT2D eigenvalue weighted by atomic mass is 10.3.